The second kappa shape index (κ2) is 5.71. The molecule has 2 heterocycles. The number of ether oxygens (including phenoxy) is 2. The van der Waals surface area contributed by atoms with Crippen molar-refractivity contribution in [2.24, 2.45) is 0 Å². The summed E-state index contributed by atoms with van der Waals surface area (Å²) in [5.41, 5.74) is -0.878. The molecule has 18 heavy (non-hydrogen) atoms. The molecule has 1 aliphatic rings. The maximum atomic E-state index is 12.3. The SMILES string of the molecule is FC(F)(F)c1ccn(CCO[C@H]2CCCCO2)n1. The average Bonchev–Trinajstić information content (AvgIpc) is 2.79. The van der Waals surface area contributed by atoms with Crippen LogP contribution in [0, 0.1) is 0 Å². The molecule has 4 nitrogen and oxygen atoms in total. The molecule has 1 saturated heterocycles. The van der Waals surface area contributed by atoms with Gasteiger partial charge in [-0.2, -0.15) is 18.3 Å². The van der Waals surface area contributed by atoms with Crippen molar-refractivity contribution in [2.45, 2.75) is 38.3 Å². The Kier molecular flexibility index (Phi) is 4.23. The van der Waals surface area contributed by atoms with Crippen LogP contribution in [-0.2, 0) is 22.2 Å². The van der Waals surface area contributed by atoms with Gasteiger partial charge in [-0.05, 0) is 25.3 Å². The number of rotatable bonds is 4. The van der Waals surface area contributed by atoms with Crippen molar-refractivity contribution in [2.75, 3.05) is 13.2 Å². The maximum absolute atomic E-state index is 12.3. The Morgan fingerprint density at radius 3 is 2.89 bits per heavy atom. The van der Waals surface area contributed by atoms with Gasteiger partial charge in [0, 0.05) is 12.8 Å². The average molecular weight is 264 g/mol. The van der Waals surface area contributed by atoms with Gasteiger partial charge in [0.05, 0.1) is 13.2 Å². The summed E-state index contributed by atoms with van der Waals surface area (Å²) in [5, 5.41) is 3.44. The summed E-state index contributed by atoms with van der Waals surface area (Å²) in [6.07, 6.45) is -0.380. The Morgan fingerprint density at radius 1 is 1.44 bits per heavy atom. The first-order chi connectivity index (χ1) is 8.55. The van der Waals surface area contributed by atoms with Gasteiger partial charge in [-0.25, -0.2) is 0 Å². The first-order valence-corrected chi connectivity index (χ1v) is 5.89. The minimum absolute atomic E-state index is 0.226. The Morgan fingerprint density at radius 2 is 2.28 bits per heavy atom. The summed E-state index contributed by atoms with van der Waals surface area (Å²) in [7, 11) is 0. The smallest absolute Gasteiger partial charge is 0.353 e. The van der Waals surface area contributed by atoms with E-state index in [0.29, 0.717) is 13.2 Å². The van der Waals surface area contributed by atoms with Gasteiger partial charge >= 0.3 is 6.18 Å². The summed E-state index contributed by atoms with van der Waals surface area (Å²) >= 11 is 0. The largest absolute Gasteiger partial charge is 0.435 e. The standard InChI is InChI=1S/C11H15F3N2O2/c12-11(13,14)9-4-5-16(15-9)6-8-18-10-3-1-2-7-17-10/h4-5,10H,1-3,6-8H2/t10-/m0/s1. The van der Waals surface area contributed by atoms with Crippen LogP contribution in [0.4, 0.5) is 13.2 Å². The minimum atomic E-state index is -4.39. The normalized spacial score (nSPS) is 21.2. The lowest BCUT2D eigenvalue weighted by Gasteiger charge is -2.22. The van der Waals surface area contributed by atoms with E-state index in [2.05, 4.69) is 5.10 Å². The third-order valence-corrected chi connectivity index (χ3v) is 2.69. The Hall–Kier alpha value is -1.08. The number of alkyl halides is 3. The second-order valence-corrected chi connectivity index (χ2v) is 4.13. The highest BCUT2D eigenvalue weighted by Gasteiger charge is 2.33. The lowest BCUT2D eigenvalue weighted by atomic mass is 10.2. The number of hydrogen-bond donors (Lipinski definition) is 0. The molecule has 1 atom stereocenters. The Labute approximate surface area is 103 Å². The molecule has 7 heteroatoms. The van der Waals surface area contributed by atoms with Crippen LogP contribution in [0.3, 0.4) is 0 Å². The zero-order valence-corrected chi connectivity index (χ0v) is 9.82. The molecule has 0 bridgehead atoms. The fraction of sp³-hybridized carbons (Fsp3) is 0.727. The predicted molar refractivity (Wildman–Crippen MR) is 56.8 cm³/mol. The van der Waals surface area contributed by atoms with Crippen LogP contribution < -0.4 is 0 Å². The van der Waals surface area contributed by atoms with Crippen LogP contribution in [-0.4, -0.2) is 29.3 Å². The fourth-order valence-electron chi connectivity index (χ4n) is 1.76. The molecule has 2 rings (SSSR count). The molecule has 0 unspecified atom stereocenters. The second-order valence-electron chi connectivity index (χ2n) is 4.13. The van der Waals surface area contributed by atoms with Crippen molar-refractivity contribution in [3.05, 3.63) is 18.0 Å². The number of halogens is 3. The van der Waals surface area contributed by atoms with Crippen LogP contribution in [0.1, 0.15) is 25.0 Å². The molecule has 0 aliphatic carbocycles. The van der Waals surface area contributed by atoms with E-state index in [4.69, 9.17) is 9.47 Å². The molecular weight excluding hydrogens is 249 g/mol. The first-order valence-electron chi connectivity index (χ1n) is 5.89. The van der Waals surface area contributed by atoms with E-state index in [1.54, 1.807) is 0 Å². The van der Waals surface area contributed by atoms with Crippen molar-refractivity contribution in [1.82, 2.24) is 9.78 Å². The van der Waals surface area contributed by atoms with Gasteiger partial charge in [0.2, 0.25) is 0 Å². The van der Waals surface area contributed by atoms with Crippen molar-refractivity contribution >= 4 is 0 Å². The highest BCUT2D eigenvalue weighted by molar-refractivity contribution is 5.03. The van der Waals surface area contributed by atoms with E-state index < -0.39 is 11.9 Å². The number of aromatic nitrogens is 2. The number of nitrogens with zero attached hydrogens (tertiary/aromatic N) is 2. The van der Waals surface area contributed by atoms with Gasteiger partial charge in [-0.1, -0.05) is 0 Å². The van der Waals surface area contributed by atoms with E-state index in [0.717, 1.165) is 25.3 Å². The van der Waals surface area contributed by atoms with E-state index in [-0.39, 0.29) is 12.8 Å². The van der Waals surface area contributed by atoms with E-state index >= 15 is 0 Å². The summed E-state index contributed by atoms with van der Waals surface area (Å²) in [4.78, 5) is 0. The van der Waals surface area contributed by atoms with Crippen molar-refractivity contribution in [3.8, 4) is 0 Å². The lowest BCUT2D eigenvalue weighted by molar-refractivity contribution is -0.164. The quantitative estimate of drug-likeness (QED) is 0.838. The molecule has 1 fully saturated rings. The molecule has 0 amide bonds. The van der Waals surface area contributed by atoms with Crippen LogP contribution in [0.5, 0.6) is 0 Å². The van der Waals surface area contributed by atoms with Gasteiger partial charge in [-0.15, -0.1) is 0 Å². The molecule has 0 N–H and O–H groups in total. The van der Waals surface area contributed by atoms with Crippen LogP contribution >= 0.6 is 0 Å². The molecule has 1 aliphatic heterocycles. The van der Waals surface area contributed by atoms with E-state index in [1.807, 2.05) is 0 Å². The maximum Gasteiger partial charge on any atom is 0.435 e. The molecule has 1 aromatic heterocycles. The van der Waals surface area contributed by atoms with Crippen LogP contribution in [0.15, 0.2) is 12.3 Å². The van der Waals surface area contributed by atoms with Crippen LogP contribution in [0.2, 0.25) is 0 Å². The summed E-state index contributed by atoms with van der Waals surface area (Å²) in [5.74, 6) is 0. The Balaban J connectivity index is 1.74. The third kappa shape index (κ3) is 3.71. The van der Waals surface area contributed by atoms with Gasteiger partial charge in [0.15, 0.2) is 12.0 Å². The van der Waals surface area contributed by atoms with E-state index in [9.17, 15) is 13.2 Å². The topological polar surface area (TPSA) is 36.3 Å². The number of hydrogen-bond acceptors (Lipinski definition) is 3. The van der Waals surface area contributed by atoms with Crippen LogP contribution in [0.25, 0.3) is 0 Å². The Bertz CT molecular complexity index is 373. The van der Waals surface area contributed by atoms with Gasteiger partial charge in [-0.3, -0.25) is 4.68 Å². The molecule has 1 aromatic rings. The fourth-order valence-corrected chi connectivity index (χ4v) is 1.76. The summed E-state index contributed by atoms with van der Waals surface area (Å²) in [6.45, 7) is 1.27. The monoisotopic (exact) mass is 264 g/mol. The molecular formula is C11H15F3N2O2. The minimum Gasteiger partial charge on any atom is -0.353 e. The molecule has 0 spiro atoms. The molecule has 0 aromatic carbocycles. The first kappa shape index (κ1) is 13.4. The lowest BCUT2D eigenvalue weighted by Crippen LogP contribution is -2.24. The van der Waals surface area contributed by atoms with E-state index in [1.165, 1.54) is 10.9 Å². The summed E-state index contributed by atoms with van der Waals surface area (Å²) in [6, 6.07) is 0.955. The molecule has 102 valence electrons. The van der Waals surface area contributed by atoms with Crippen molar-refractivity contribution < 1.29 is 22.6 Å². The highest BCUT2D eigenvalue weighted by atomic mass is 19.4. The highest BCUT2D eigenvalue weighted by Crippen LogP contribution is 2.27. The molecule has 0 radical (unpaired) electrons. The van der Waals surface area contributed by atoms with Crippen molar-refractivity contribution in [1.29, 1.82) is 0 Å². The molecule has 0 saturated carbocycles. The summed E-state index contributed by atoms with van der Waals surface area (Å²) < 4.78 is 48.9. The van der Waals surface area contributed by atoms with Gasteiger partial charge in [0.1, 0.15) is 0 Å². The van der Waals surface area contributed by atoms with Gasteiger partial charge in [0.25, 0.3) is 0 Å². The van der Waals surface area contributed by atoms with Crippen molar-refractivity contribution in [3.63, 3.8) is 0 Å². The predicted octanol–water partition coefficient (Wildman–Crippen LogP) is 2.45. The van der Waals surface area contributed by atoms with Gasteiger partial charge < -0.3 is 9.47 Å². The zero-order valence-electron chi connectivity index (χ0n) is 9.82. The zero-order chi connectivity index (χ0) is 13.0. The third-order valence-electron chi connectivity index (χ3n) is 2.69.